The number of guanidine groups is 1. The van der Waals surface area contributed by atoms with Crippen LogP contribution in [0.2, 0.25) is 0 Å². The predicted octanol–water partition coefficient (Wildman–Crippen LogP) is 0.675. The Labute approximate surface area is 137 Å². The lowest BCUT2D eigenvalue weighted by Crippen LogP contribution is -2.57. The zero-order chi connectivity index (χ0) is 17.1. The lowest BCUT2D eigenvalue weighted by Gasteiger charge is -2.39. The first-order valence-corrected chi connectivity index (χ1v) is 9.12. The van der Waals surface area contributed by atoms with E-state index in [1.54, 1.807) is 34.2 Å². The monoisotopic (exact) mass is 340 g/mol. The fourth-order valence-corrected chi connectivity index (χ4v) is 3.94. The fourth-order valence-electron chi connectivity index (χ4n) is 2.57. The minimum absolute atomic E-state index is 0.136. The topological polar surface area (TPSA) is 83.9 Å². The van der Waals surface area contributed by atoms with Crippen LogP contribution in [-0.4, -0.2) is 62.0 Å². The first-order chi connectivity index (χ1) is 10.8. The minimum Gasteiger partial charge on any atom is -0.481 e. The van der Waals surface area contributed by atoms with Gasteiger partial charge in [0.1, 0.15) is 0 Å². The Hall–Kier alpha value is -1.83. The van der Waals surface area contributed by atoms with Gasteiger partial charge in [-0.1, -0.05) is 6.07 Å². The molecule has 1 saturated heterocycles. The molecule has 0 radical (unpaired) electrons. The molecule has 1 aliphatic heterocycles. The highest BCUT2D eigenvalue weighted by Crippen LogP contribution is 2.23. The van der Waals surface area contributed by atoms with Crippen molar-refractivity contribution in [2.24, 2.45) is 4.99 Å². The van der Waals surface area contributed by atoms with Gasteiger partial charge in [0.15, 0.2) is 15.8 Å². The Balaban J connectivity index is 2.07. The van der Waals surface area contributed by atoms with Gasteiger partial charge in [-0.05, 0) is 19.9 Å². The second-order valence-corrected chi connectivity index (χ2v) is 8.82. The predicted molar refractivity (Wildman–Crippen MR) is 90.4 cm³/mol. The number of aliphatic imine (C=N–C) groups is 1. The zero-order valence-corrected chi connectivity index (χ0v) is 14.9. The summed E-state index contributed by atoms with van der Waals surface area (Å²) in [7, 11) is 0.208. The molecule has 0 atom stereocenters. The highest BCUT2D eigenvalue weighted by Gasteiger charge is 2.40. The molecule has 23 heavy (non-hydrogen) atoms. The van der Waals surface area contributed by atoms with Gasteiger partial charge >= 0.3 is 0 Å². The number of sulfone groups is 1. The molecule has 2 heterocycles. The molecule has 1 aromatic rings. The van der Waals surface area contributed by atoms with Crippen LogP contribution >= 0.6 is 0 Å². The fraction of sp³-hybridized carbons (Fsp3) is 0.600. The molecule has 0 unspecified atom stereocenters. The third kappa shape index (κ3) is 3.74. The molecule has 2 rings (SSSR count). The van der Waals surface area contributed by atoms with Crippen LogP contribution in [0, 0.1) is 0 Å². The largest absolute Gasteiger partial charge is 0.481 e. The van der Waals surface area contributed by atoms with Gasteiger partial charge < -0.3 is 15.0 Å². The molecule has 1 aromatic heterocycles. The highest BCUT2D eigenvalue weighted by atomic mass is 32.2. The zero-order valence-electron chi connectivity index (χ0n) is 14.0. The smallest absolute Gasteiger partial charge is 0.218 e. The summed E-state index contributed by atoms with van der Waals surface area (Å²) < 4.78 is 28.7. The van der Waals surface area contributed by atoms with E-state index in [1.807, 2.05) is 17.0 Å². The Bertz CT molecular complexity index is 686. The normalized spacial score (nSPS) is 20.2. The van der Waals surface area contributed by atoms with Gasteiger partial charge in [-0.3, -0.25) is 4.99 Å². The molecule has 0 spiro atoms. The molecule has 7 nitrogen and oxygen atoms in total. The number of hydrogen-bond acceptors (Lipinski definition) is 5. The number of methoxy groups -OCH3 is 1. The van der Waals surface area contributed by atoms with Crippen LogP contribution in [0.4, 0.5) is 0 Å². The molecule has 0 bridgehead atoms. The summed E-state index contributed by atoms with van der Waals surface area (Å²) in [6, 6.07) is 3.77. The second-order valence-electron chi connectivity index (χ2n) is 6.07. The average molecular weight is 340 g/mol. The van der Waals surface area contributed by atoms with E-state index in [4.69, 9.17) is 4.74 Å². The van der Waals surface area contributed by atoms with Gasteiger partial charge in [-0.25, -0.2) is 13.4 Å². The molecular weight excluding hydrogens is 316 g/mol. The molecule has 1 fully saturated rings. The number of nitrogens with one attached hydrogen (secondary N) is 1. The summed E-state index contributed by atoms with van der Waals surface area (Å²) in [5.74, 6) is 1.38. The number of aromatic nitrogens is 1. The van der Waals surface area contributed by atoms with Crippen molar-refractivity contribution in [2.75, 3.05) is 33.0 Å². The summed E-state index contributed by atoms with van der Waals surface area (Å²) in [6.07, 6.45) is 1.68. The van der Waals surface area contributed by atoms with E-state index in [9.17, 15) is 8.42 Å². The van der Waals surface area contributed by atoms with Crippen molar-refractivity contribution in [2.45, 2.75) is 25.1 Å². The van der Waals surface area contributed by atoms with Crippen LogP contribution in [0.3, 0.4) is 0 Å². The summed E-state index contributed by atoms with van der Waals surface area (Å²) in [4.78, 5) is 10.4. The first-order valence-electron chi connectivity index (χ1n) is 7.46. The van der Waals surface area contributed by atoms with E-state index < -0.39 is 14.6 Å². The van der Waals surface area contributed by atoms with Gasteiger partial charge in [-0.15, -0.1) is 0 Å². The van der Waals surface area contributed by atoms with Crippen LogP contribution in [-0.2, 0) is 16.4 Å². The summed E-state index contributed by atoms with van der Waals surface area (Å²) in [6.45, 7) is 4.87. The van der Waals surface area contributed by atoms with Crippen molar-refractivity contribution in [3.63, 3.8) is 0 Å². The standard InChI is InChI=1S/C15H24N4O3S/c1-15(2)11-19(8-9-23(15,20)21)14(16-3)18-10-12-6-5-7-17-13(12)22-4/h5-7H,8-11H2,1-4H3,(H,16,18). The maximum atomic E-state index is 12.1. The van der Waals surface area contributed by atoms with Gasteiger partial charge in [0.25, 0.3) is 0 Å². The van der Waals surface area contributed by atoms with E-state index in [1.165, 1.54) is 0 Å². The Morgan fingerprint density at radius 2 is 2.26 bits per heavy atom. The molecule has 0 saturated carbocycles. The molecular formula is C15H24N4O3S. The maximum Gasteiger partial charge on any atom is 0.218 e. The van der Waals surface area contributed by atoms with Crippen LogP contribution in [0.15, 0.2) is 23.3 Å². The van der Waals surface area contributed by atoms with Gasteiger partial charge in [0.05, 0.1) is 17.6 Å². The molecule has 0 aromatic carbocycles. The summed E-state index contributed by atoms with van der Waals surface area (Å²) in [5.41, 5.74) is 0.917. The quantitative estimate of drug-likeness (QED) is 0.643. The van der Waals surface area contributed by atoms with E-state index in [-0.39, 0.29) is 5.75 Å². The Morgan fingerprint density at radius 1 is 1.52 bits per heavy atom. The Morgan fingerprint density at radius 3 is 2.87 bits per heavy atom. The minimum atomic E-state index is -3.07. The van der Waals surface area contributed by atoms with Crippen molar-refractivity contribution >= 4 is 15.8 Å². The average Bonchev–Trinajstić information content (AvgIpc) is 2.51. The first kappa shape index (κ1) is 17.5. The molecule has 0 amide bonds. The third-order valence-electron chi connectivity index (χ3n) is 4.04. The van der Waals surface area contributed by atoms with E-state index in [0.717, 1.165) is 5.56 Å². The van der Waals surface area contributed by atoms with Gasteiger partial charge in [0.2, 0.25) is 5.88 Å². The van der Waals surface area contributed by atoms with Crippen LogP contribution in [0.25, 0.3) is 0 Å². The number of hydrogen-bond donors (Lipinski definition) is 1. The Kier molecular flexibility index (Phi) is 5.13. The number of nitrogens with zero attached hydrogens (tertiary/aromatic N) is 3. The number of pyridine rings is 1. The highest BCUT2D eigenvalue weighted by molar-refractivity contribution is 7.92. The SMILES string of the molecule is CN=C(NCc1cccnc1OC)N1CCS(=O)(=O)C(C)(C)C1. The lowest BCUT2D eigenvalue weighted by molar-refractivity contribution is 0.352. The number of rotatable bonds is 3. The summed E-state index contributed by atoms with van der Waals surface area (Å²) >= 11 is 0. The van der Waals surface area contributed by atoms with Crippen molar-refractivity contribution < 1.29 is 13.2 Å². The van der Waals surface area contributed by atoms with Gasteiger partial charge in [0, 0.05) is 38.4 Å². The maximum absolute atomic E-state index is 12.1. The summed E-state index contributed by atoms with van der Waals surface area (Å²) in [5, 5.41) is 3.26. The molecule has 1 aliphatic rings. The van der Waals surface area contributed by atoms with Crippen molar-refractivity contribution in [3.8, 4) is 5.88 Å². The lowest BCUT2D eigenvalue weighted by atomic mass is 10.2. The van der Waals surface area contributed by atoms with E-state index in [0.29, 0.717) is 31.5 Å². The molecule has 8 heteroatoms. The molecule has 0 aliphatic carbocycles. The van der Waals surface area contributed by atoms with Crippen molar-refractivity contribution in [3.05, 3.63) is 23.9 Å². The van der Waals surface area contributed by atoms with Gasteiger partial charge in [-0.2, -0.15) is 0 Å². The van der Waals surface area contributed by atoms with E-state index >= 15 is 0 Å². The van der Waals surface area contributed by atoms with Crippen molar-refractivity contribution in [1.82, 2.24) is 15.2 Å². The van der Waals surface area contributed by atoms with Crippen LogP contribution < -0.4 is 10.1 Å². The second kappa shape index (κ2) is 6.74. The van der Waals surface area contributed by atoms with Crippen LogP contribution in [0.5, 0.6) is 5.88 Å². The third-order valence-corrected chi connectivity index (χ3v) is 6.57. The van der Waals surface area contributed by atoms with E-state index in [2.05, 4.69) is 15.3 Å². The number of ether oxygens (including phenoxy) is 1. The van der Waals surface area contributed by atoms with Crippen molar-refractivity contribution in [1.29, 1.82) is 0 Å². The molecule has 1 N–H and O–H groups in total. The molecule has 128 valence electrons. The van der Waals surface area contributed by atoms with Crippen LogP contribution in [0.1, 0.15) is 19.4 Å².